The van der Waals surface area contributed by atoms with Crippen LogP contribution in [-0.2, 0) is 20.4 Å². The van der Waals surface area contributed by atoms with Crippen LogP contribution in [0.25, 0.3) is 0 Å². The molecule has 1 aromatic carbocycles. The second kappa shape index (κ2) is 4.11. The van der Waals surface area contributed by atoms with Crippen molar-refractivity contribution in [1.82, 2.24) is 4.13 Å². The van der Waals surface area contributed by atoms with Crippen LogP contribution in [0.4, 0.5) is 3.89 Å². The van der Waals surface area contributed by atoms with E-state index in [2.05, 4.69) is 0 Å². The fourth-order valence-corrected chi connectivity index (χ4v) is 3.38. The number of hydrogen-bond donors (Lipinski definition) is 1. The highest BCUT2D eigenvalue weighted by atomic mass is 32.3. The molecule has 0 aromatic heterocycles. The van der Waals surface area contributed by atoms with Crippen molar-refractivity contribution < 1.29 is 20.7 Å². The smallest absolute Gasteiger partial charge is 0.206 e. The fraction of sp³-hybridized carbons (Fsp3) is 0.250. The number of hydrogen-bond acceptors (Lipinski definition) is 4. The van der Waals surface area contributed by atoms with Gasteiger partial charge in [0.2, 0.25) is 0 Å². The van der Waals surface area contributed by atoms with Gasteiger partial charge in [0.15, 0.2) is 0 Å². The zero-order chi connectivity index (χ0) is 12.6. The second-order valence-corrected chi connectivity index (χ2v) is 6.37. The summed E-state index contributed by atoms with van der Waals surface area (Å²) in [4.78, 5) is -0.286. The van der Waals surface area contributed by atoms with Gasteiger partial charge in [-0.3, -0.25) is 0 Å². The van der Waals surface area contributed by atoms with E-state index in [1.165, 1.54) is 12.1 Å². The van der Waals surface area contributed by atoms with Crippen LogP contribution in [0.1, 0.15) is 11.1 Å². The summed E-state index contributed by atoms with van der Waals surface area (Å²) in [6, 6.07) is 4.21. The molecule has 0 atom stereocenters. The van der Waals surface area contributed by atoms with E-state index in [9.17, 15) is 20.7 Å². The summed E-state index contributed by atoms with van der Waals surface area (Å²) in [5, 5.41) is 0. The quantitative estimate of drug-likeness (QED) is 0.821. The standard InChI is InChI=1S/C8H10FNO4S2/c1-6-3-7(2)5-8(4-6)15(11,12)10-16(9,13)14/h3-5,10H,1-2H3. The van der Waals surface area contributed by atoms with Crippen molar-refractivity contribution in [2.75, 3.05) is 0 Å². The Hall–Kier alpha value is -0.990. The van der Waals surface area contributed by atoms with Crippen LogP contribution in [0.2, 0.25) is 0 Å². The molecule has 0 bridgehead atoms. The molecule has 1 aromatic rings. The Kier molecular flexibility index (Phi) is 3.36. The number of sulfonamides is 1. The van der Waals surface area contributed by atoms with Crippen molar-refractivity contribution in [2.24, 2.45) is 0 Å². The summed E-state index contributed by atoms with van der Waals surface area (Å²) in [5.74, 6) is 0. The van der Waals surface area contributed by atoms with Gasteiger partial charge in [-0.15, -0.1) is 0 Å². The van der Waals surface area contributed by atoms with Gasteiger partial charge in [0.1, 0.15) is 0 Å². The van der Waals surface area contributed by atoms with E-state index < -0.39 is 20.4 Å². The van der Waals surface area contributed by atoms with E-state index >= 15 is 0 Å². The van der Waals surface area contributed by atoms with E-state index in [-0.39, 0.29) is 4.90 Å². The van der Waals surface area contributed by atoms with Gasteiger partial charge in [0.25, 0.3) is 10.0 Å². The van der Waals surface area contributed by atoms with Crippen LogP contribution < -0.4 is 4.13 Å². The van der Waals surface area contributed by atoms with E-state index in [0.717, 1.165) is 4.13 Å². The highest BCUT2D eigenvalue weighted by Crippen LogP contribution is 2.14. The number of halogens is 1. The second-order valence-electron chi connectivity index (χ2n) is 3.35. The summed E-state index contributed by atoms with van der Waals surface area (Å²) in [6.45, 7) is 3.30. The van der Waals surface area contributed by atoms with Crippen LogP contribution in [0, 0.1) is 13.8 Å². The molecule has 8 heteroatoms. The maximum atomic E-state index is 12.3. The Morgan fingerprint density at radius 3 is 1.81 bits per heavy atom. The van der Waals surface area contributed by atoms with Crippen LogP contribution in [-0.4, -0.2) is 16.8 Å². The first-order chi connectivity index (χ1) is 7.10. The molecule has 0 aliphatic rings. The van der Waals surface area contributed by atoms with Gasteiger partial charge in [-0.05, 0) is 37.1 Å². The maximum absolute atomic E-state index is 12.3. The Labute approximate surface area is 93.7 Å². The molecule has 1 N–H and O–H groups in total. The summed E-state index contributed by atoms with van der Waals surface area (Å²) in [7, 11) is -9.67. The summed E-state index contributed by atoms with van der Waals surface area (Å²) in [6.07, 6.45) is 0. The predicted molar refractivity (Wildman–Crippen MR) is 56.3 cm³/mol. The summed E-state index contributed by atoms with van der Waals surface area (Å²) < 4.78 is 56.5. The van der Waals surface area contributed by atoms with Crippen LogP contribution in [0.5, 0.6) is 0 Å². The monoisotopic (exact) mass is 267 g/mol. The van der Waals surface area contributed by atoms with E-state index in [4.69, 9.17) is 0 Å². The molecule has 90 valence electrons. The third-order valence-corrected chi connectivity index (χ3v) is 4.25. The SMILES string of the molecule is Cc1cc(C)cc(S(=O)(=O)NS(=O)(=O)F)c1. The molecule has 0 spiro atoms. The maximum Gasteiger partial charge on any atom is 0.385 e. The molecule has 0 amide bonds. The Morgan fingerprint density at radius 1 is 1.00 bits per heavy atom. The van der Waals surface area contributed by atoms with Crippen molar-refractivity contribution in [1.29, 1.82) is 0 Å². The average molecular weight is 267 g/mol. The van der Waals surface area contributed by atoms with Gasteiger partial charge in [-0.1, -0.05) is 14.1 Å². The number of benzene rings is 1. The van der Waals surface area contributed by atoms with E-state index in [0.29, 0.717) is 11.1 Å². The Bertz CT molecular complexity index is 587. The zero-order valence-electron chi connectivity index (χ0n) is 8.56. The van der Waals surface area contributed by atoms with Crippen LogP contribution >= 0.6 is 0 Å². The zero-order valence-corrected chi connectivity index (χ0v) is 10.2. The fourth-order valence-electron chi connectivity index (χ4n) is 1.27. The van der Waals surface area contributed by atoms with Crippen LogP contribution in [0.3, 0.4) is 0 Å². The van der Waals surface area contributed by atoms with Crippen molar-refractivity contribution in [3.8, 4) is 0 Å². The first-order valence-corrected chi connectivity index (χ1v) is 7.03. The van der Waals surface area contributed by atoms with Crippen molar-refractivity contribution in [3.63, 3.8) is 0 Å². The molecule has 0 saturated carbocycles. The minimum Gasteiger partial charge on any atom is -0.206 e. The molecular weight excluding hydrogens is 257 g/mol. The summed E-state index contributed by atoms with van der Waals surface area (Å²) in [5.41, 5.74) is 1.27. The molecule has 0 aliphatic heterocycles. The molecule has 1 rings (SSSR count). The van der Waals surface area contributed by atoms with Gasteiger partial charge in [-0.2, -0.15) is 8.42 Å². The van der Waals surface area contributed by atoms with E-state index in [1.807, 2.05) is 0 Å². The van der Waals surface area contributed by atoms with E-state index in [1.54, 1.807) is 19.9 Å². The molecule has 0 fully saturated rings. The van der Waals surface area contributed by atoms with Gasteiger partial charge < -0.3 is 0 Å². The lowest BCUT2D eigenvalue weighted by atomic mass is 10.2. The molecule has 0 aliphatic carbocycles. The third-order valence-electron chi connectivity index (χ3n) is 1.71. The van der Waals surface area contributed by atoms with Crippen molar-refractivity contribution in [2.45, 2.75) is 18.7 Å². The predicted octanol–water partition coefficient (Wildman–Crippen LogP) is 0.796. The molecule has 0 radical (unpaired) electrons. The largest absolute Gasteiger partial charge is 0.385 e. The topological polar surface area (TPSA) is 80.3 Å². The first-order valence-electron chi connectivity index (χ1n) is 4.17. The molecular formula is C8H10FNO4S2. The Morgan fingerprint density at radius 2 is 1.44 bits per heavy atom. The molecule has 0 saturated heterocycles. The van der Waals surface area contributed by atoms with Gasteiger partial charge in [0.05, 0.1) is 4.90 Å². The first kappa shape index (κ1) is 13.1. The minimum atomic E-state index is -5.29. The lowest BCUT2D eigenvalue weighted by Gasteiger charge is -2.05. The molecule has 0 unspecified atom stereocenters. The van der Waals surface area contributed by atoms with Gasteiger partial charge in [0, 0.05) is 0 Å². The minimum absolute atomic E-state index is 0.286. The number of rotatable bonds is 3. The normalized spacial score (nSPS) is 12.7. The summed E-state index contributed by atoms with van der Waals surface area (Å²) >= 11 is 0. The highest BCUT2D eigenvalue weighted by Gasteiger charge is 2.22. The molecule has 16 heavy (non-hydrogen) atoms. The molecule has 5 nitrogen and oxygen atoms in total. The lowest BCUT2D eigenvalue weighted by molar-refractivity contribution is 0.542. The van der Waals surface area contributed by atoms with Crippen molar-refractivity contribution >= 4 is 20.4 Å². The number of aryl methyl sites for hydroxylation is 2. The number of nitrogens with one attached hydrogen (secondary N) is 1. The van der Waals surface area contributed by atoms with Gasteiger partial charge >= 0.3 is 10.4 Å². The molecule has 0 heterocycles. The Balaban J connectivity index is 3.28. The van der Waals surface area contributed by atoms with Crippen LogP contribution in [0.15, 0.2) is 23.1 Å². The lowest BCUT2D eigenvalue weighted by Crippen LogP contribution is -2.27. The van der Waals surface area contributed by atoms with Crippen molar-refractivity contribution in [3.05, 3.63) is 29.3 Å². The van der Waals surface area contributed by atoms with Gasteiger partial charge in [-0.25, -0.2) is 8.42 Å². The highest BCUT2D eigenvalue weighted by molar-refractivity contribution is 8.02. The average Bonchev–Trinajstić information content (AvgIpc) is 1.96. The third kappa shape index (κ3) is 3.54.